The molecule has 0 spiro atoms. The van der Waals surface area contributed by atoms with Crippen molar-refractivity contribution >= 4 is 38.1 Å². The van der Waals surface area contributed by atoms with Crippen LogP contribution in [-0.4, -0.2) is 60.2 Å². The molecular formula is C15H26ClN3O5S2. The van der Waals surface area contributed by atoms with Gasteiger partial charge in [0.25, 0.3) is 0 Å². The fraction of sp³-hybridized carbons (Fsp3) is 0.600. The van der Waals surface area contributed by atoms with Gasteiger partial charge in [0.05, 0.1) is 18.6 Å². The van der Waals surface area contributed by atoms with Crippen LogP contribution in [0.25, 0.3) is 0 Å². The van der Waals surface area contributed by atoms with Crippen LogP contribution >= 0.6 is 12.4 Å². The molecule has 11 heteroatoms. The highest BCUT2D eigenvalue weighted by molar-refractivity contribution is 7.93. The first-order chi connectivity index (χ1) is 11.7. The maximum atomic E-state index is 13.0. The van der Waals surface area contributed by atoms with Gasteiger partial charge >= 0.3 is 0 Å². The number of ether oxygens (including phenoxy) is 1. The van der Waals surface area contributed by atoms with E-state index in [1.807, 2.05) is 7.05 Å². The molecular weight excluding hydrogens is 402 g/mol. The predicted molar refractivity (Wildman–Crippen MR) is 104 cm³/mol. The first-order valence-corrected chi connectivity index (χ1v) is 11.2. The smallest absolute Gasteiger partial charge is 0.245 e. The third-order valence-corrected chi connectivity index (χ3v) is 7.56. The summed E-state index contributed by atoms with van der Waals surface area (Å²) in [6.07, 6.45) is 1.42. The van der Waals surface area contributed by atoms with Gasteiger partial charge in [-0.2, -0.15) is 4.31 Å². The second-order valence-corrected chi connectivity index (χ2v) is 9.75. The molecule has 0 amide bonds. The average molecular weight is 428 g/mol. The number of anilines is 1. The fourth-order valence-electron chi connectivity index (χ4n) is 2.70. The van der Waals surface area contributed by atoms with Crippen molar-refractivity contribution < 1.29 is 21.6 Å². The highest BCUT2D eigenvalue weighted by Gasteiger charge is 2.31. The molecule has 0 radical (unpaired) electrons. The third kappa shape index (κ3) is 5.23. The number of rotatable bonds is 7. The molecule has 26 heavy (non-hydrogen) atoms. The zero-order valence-electron chi connectivity index (χ0n) is 15.1. The molecule has 1 aromatic rings. The summed E-state index contributed by atoms with van der Waals surface area (Å²) < 4.78 is 58.7. The minimum Gasteiger partial charge on any atom is -0.497 e. The molecule has 0 bridgehead atoms. The van der Waals surface area contributed by atoms with Gasteiger partial charge in [-0.1, -0.05) is 0 Å². The largest absolute Gasteiger partial charge is 0.497 e. The van der Waals surface area contributed by atoms with Crippen LogP contribution in [0, 0.1) is 0 Å². The van der Waals surface area contributed by atoms with Crippen molar-refractivity contribution in [2.45, 2.75) is 30.7 Å². The molecule has 0 unspecified atom stereocenters. The van der Waals surface area contributed by atoms with Crippen LogP contribution in [0.5, 0.6) is 5.75 Å². The molecule has 0 saturated carbocycles. The van der Waals surface area contributed by atoms with E-state index in [1.165, 1.54) is 36.5 Å². The second-order valence-electron chi connectivity index (χ2n) is 5.83. The van der Waals surface area contributed by atoms with Crippen LogP contribution in [0.3, 0.4) is 0 Å². The zero-order valence-corrected chi connectivity index (χ0v) is 17.5. The number of methoxy groups -OCH3 is 1. The van der Waals surface area contributed by atoms with Crippen LogP contribution < -0.4 is 14.8 Å². The van der Waals surface area contributed by atoms with Crippen LogP contribution in [0.1, 0.15) is 19.8 Å². The second kappa shape index (κ2) is 9.23. The van der Waals surface area contributed by atoms with Gasteiger partial charge in [-0.15, -0.1) is 12.4 Å². The molecule has 1 heterocycles. The summed E-state index contributed by atoms with van der Waals surface area (Å²) in [6.45, 7) is 2.26. The molecule has 8 nitrogen and oxygen atoms in total. The standard InChI is InChI=1S/C15H25N3O5S2.ClH/c1-4-24(19,20)17-14-11-13(23-3)5-6-15(14)25(21,22)18-9-7-12(16-2)8-10-18;/h5-6,11-12,16-17H,4,7-10H2,1-3H3;1H. The van der Waals surface area contributed by atoms with E-state index in [2.05, 4.69) is 10.0 Å². The van der Waals surface area contributed by atoms with Crippen molar-refractivity contribution in [3.63, 3.8) is 0 Å². The Hall–Kier alpha value is -1.07. The Bertz CT molecular complexity index is 807. The van der Waals surface area contributed by atoms with E-state index in [9.17, 15) is 16.8 Å². The minimum absolute atomic E-state index is 0. The number of nitrogens with one attached hydrogen (secondary N) is 2. The van der Waals surface area contributed by atoms with Crippen LogP contribution in [0.15, 0.2) is 23.1 Å². The summed E-state index contributed by atoms with van der Waals surface area (Å²) in [7, 11) is -4.14. The van der Waals surface area contributed by atoms with E-state index in [0.29, 0.717) is 37.7 Å². The maximum Gasteiger partial charge on any atom is 0.245 e. The Kier molecular flexibility index (Phi) is 8.15. The fourth-order valence-corrected chi connectivity index (χ4v) is 5.01. The summed E-state index contributed by atoms with van der Waals surface area (Å²) in [5, 5.41) is 3.15. The number of hydrogen-bond donors (Lipinski definition) is 2. The molecule has 0 aromatic heterocycles. The molecule has 1 fully saturated rings. The van der Waals surface area contributed by atoms with Crippen molar-refractivity contribution in [1.82, 2.24) is 9.62 Å². The summed E-state index contributed by atoms with van der Waals surface area (Å²) in [6, 6.07) is 4.57. The van der Waals surface area contributed by atoms with Crippen molar-refractivity contribution in [3.05, 3.63) is 18.2 Å². The molecule has 0 aliphatic carbocycles. The third-order valence-electron chi connectivity index (χ3n) is 4.31. The number of benzene rings is 1. The van der Waals surface area contributed by atoms with Gasteiger partial charge in [0.15, 0.2) is 0 Å². The lowest BCUT2D eigenvalue weighted by Crippen LogP contribution is -2.44. The zero-order chi connectivity index (χ0) is 18.7. The monoisotopic (exact) mass is 427 g/mol. The lowest BCUT2D eigenvalue weighted by Gasteiger charge is -2.31. The van der Waals surface area contributed by atoms with Crippen LogP contribution in [0.2, 0.25) is 0 Å². The van der Waals surface area contributed by atoms with Crippen molar-refractivity contribution in [3.8, 4) is 5.75 Å². The minimum atomic E-state index is -3.81. The summed E-state index contributed by atoms with van der Waals surface area (Å²) in [4.78, 5) is -0.0618. The lowest BCUT2D eigenvalue weighted by molar-refractivity contribution is 0.298. The Morgan fingerprint density at radius 1 is 1.19 bits per heavy atom. The molecule has 1 aromatic carbocycles. The highest BCUT2D eigenvalue weighted by Crippen LogP contribution is 2.31. The van der Waals surface area contributed by atoms with Crippen molar-refractivity contribution in [1.29, 1.82) is 0 Å². The van der Waals surface area contributed by atoms with Gasteiger partial charge in [0.1, 0.15) is 10.6 Å². The maximum absolute atomic E-state index is 13.0. The lowest BCUT2D eigenvalue weighted by atomic mass is 10.1. The van der Waals surface area contributed by atoms with Crippen molar-refractivity contribution in [2.24, 2.45) is 0 Å². The SMILES string of the molecule is CCS(=O)(=O)Nc1cc(OC)ccc1S(=O)(=O)N1CCC(NC)CC1.Cl. The molecule has 1 aliphatic rings. The van der Waals surface area contributed by atoms with E-state index >= 15 is 0 Å². The van der Waals surface area contributed by atoms with E-state index in [4.69, 9.17) is 4.74 Å². The van der Waals surface area contributed by atoms with E-state index in [1.54, 1.807) is 0 Å². The topological polar surface area (TPSA) is 105 Å². The van der Waals surface area contributed by atoms with Crippen LogP contribution in [-0.2, 0) is 20.0 Å². The van der Waals surface area contributed by atoms with Gasteiger partial charge in [-0.25, -0.2) is 16.8 Å². The first-order valence-electron chi connectivity index (χ1n) is 8.09. The van der Waals surface area contributed by atoms with Crippen molar-refractivity contribution in [2.75, 3.05) is 37.7 Å². The van der Waals surface area contributed by atoms with E-state index in [-0.39, 0.29) is 28.7 Å². The quantitative estimate of drug-likeness (QED) is 0.678. The summed E-state index contributed by atoms with van der Waals surface area (Å²) in [5.41, 5.74) is 0.0111. The Balaban J connectivity index is 0.00000338. The Morgan fingerprint density at radius 2 is 1.81 bits per heavy atom. The van der Waals surface area contributed by atoms with Gasteiger partial charge in [0.2, 0.25) is 20.0 Å². The molecule has 0 atom stereocenters. The number of sulfonamides is 2. The molecule has 2 N–H and O–H groups in total. The number of hydrogen-bond acceptors (Lipinski definition) is 6. The Labute approximate surface area is 161 Å². The van der Waals surface area contributed by atoms with Gasteiger partial charge in [-0.3, -0.25) is 4.72 Å². The molecule has 1 aliphatic heterocycles. The number of nitrogens with zero attached hydrogens (tertiary/aromatic N) is 1. The molecule has 150 valence electrons. The predicted octanol–water partition coefficient (Wildman–Crippen LogP) is 1.25. The van der Waals surface area contributed by atoms with Gasteiger partial charge < -0.3 is 10.1 Å². The number of piperidine rings is 1. The first kappa shape index (κ1) is 23.0. The highest BCUT2D eigenvalue weighted by atomic mass is 35.5. The average Bonchev–Trinajstić information content (AvgIpc) is 2.61. The molecule has 2 rings (SSSR count). The summed E-state index contributed by atoms with van der Waals surface area (Å²) >= 11 is 0. The van der Waals surface area contributed by atoms with E-state index in [0.717, 1.165) is 0 Å². The van der Waals surface area contributed by atoms with Gasteiger partial charge in [-0.05, 0) is 38.9 Å². The molecule has 1 saturated heterocycles. The van der Waals surface area contributed by atoms with Crippen LogP contribution in [0.4, 0.5) is 5.69 Å². The number of halogens is 1. The normalized spacial score (nSPS) is 16.7. The van der Waals surface area contributed by atoms with Gasteiger partial charge in [0, 0.05) is 25.2 Å². The Morgan fingerprint density at radius 3 is 2.31 bits per heavy atom. The van der Waals surface area contributed by atoms with E-state index < -0.39 is 20.0 Å². The summed E-state index contributed by atoms with van der Waals surface area (Å²) in [5.74, 6) is 0.221.